The van der Waals surface area contributed by atoms with Gasteiger partial charge < -0.3 is 14.8 Å². The largest absolute Gasteiger partial charge is 0.497 e. The minimum absolute atomic E-state index is 0.000598. The molecule has 3 rings (SSSR count). The van der Waals surface area contributed by atoms with E-state index in [1.807, 2.05) is 0 Å². The molecular weight excluding hydrogens is 431 g/mol. The van der Waals surface area contributed by atoms with Gasteiger partial charge in [-0.3, -0.25) is 14.9 Å². The number of halogens is 1. The van der Waals surface area contributed by atoms with Gasteiger partial charge in [-0.2, -0.15) is 4.39 Å². The summed E-state index contributed by atoms with van der Waals surface area (Å²) in [5.41, 5.74) is 0.707. The van der Waals surface area contributed by atoms with E-state index in [1.54, 1.807) is 60.7 Å². The van der Waals surface area contributed by atoms with E-state index in [-0.39, 0.29) is 11.3 Å². The molecule has 168 valence electrons. The predicted molar refractivity (Wildman–Crippen MR) is 120 cm³/mol. The van der Waals surface area contributed by atoms with Crippen LogP contribution in [0.5, 0.6) is 5.75 Å². The van der Waals surface area contributed by atoms with Crippen molar-refractivity contribution < 1.29 is 28.4 Å². The highest BCUT2D eigenvalue weighted by Crippen LogP contribution is 2.23. The number of carbonyl (C=O) groups excluding carboxylic acids is 2. The molecule has 0 saturated heterocycles. The highest BCUT2D eigenvalue weighted by molar-refractivity contribution is 6.22. The van der Waals surface area contributed by atoms with E-state index < -0.39 is 34.9 Å². The molecule has 0 bridgehead atoms. The zero-order chi connectivity index (χ0) is 23.8. The molecule has 0 aliphatic heterocycles. The summed E-state index contributed by atoms with van der Waals surface area (Å²) in [5, 5.41) is 13.2. The van der Waals surface area contributed by atoms with Gasteiger partial charge in [-0.1, -0.05) is 42.5 Å². The molecule has 0 heterocycles. The summed E-state index contributed by atoms with van der Waals surface area (Å²) < 4.78 is 23.8. The van der Waals surface area contributed by atoms with Crippen LogP contribution >= 0.6 is 0 Å². The van der Waals surface area contributed by atoms with Crippen LogP contribution in [0.15, 0.2) is 72.8 Å². The lowest BCUT2D eigenvalue weighted by molar-refractivity contribution is -0.387. The monoisotopic (exact) mass is 450 g/mol. The highest BCUT2D eigenvalue weighted by Gasteiger charge is 2.18. The van der Waals surface area contributed by atoms with Crippen molar-refractivity contribution in [1.82, 2.24) is 0 Å². The fraction of sp³-hybridized carbons (Fsp3) is 0.0833. The Hall–Kier alpha value is -4.53. The summed E-state index contributed by atoms with van der Waals surface area (Å²) in [4.78, 5) is 34.9. The Balaban J connectivity index is 1.75. The number of hydrogen-bond acceptors (Lipinski definition) is 6. The van der Waals surface area contributed by atoms with Crippen molar-refractivity contribution in [1.29, 1.82) is 0 Å². The Bertz CT molecular complexity index is 1210. The van der Waals surface area contributed by atoms with Crippen molar-refractivity contribution in [3.63, 3.8) is 0 Å². The molecule has 0 aromatic heterocycles. The van der Waals surface area contributed by atoms with Crippen LogP contribution in [0.2, 0.25) is 0 Å². The number of benzene rings is 3. The summed E-state index contributed by atoms with van der Waals surface area (Å²) in [6.45, 7) is -0.647. The van der Waals surface area contributed by atoms with E-state index in [0.717, 1.165) is 12.1 Å². The molecule has 3 aromatic rings. The van der Waals surface area contributed by atoms with Crippen molar-refractivity contribution >= 4 is 34.9 Å². The van der Waals surface area contributed by atoms with Gasteiger partial charge in [-0.15, -0.1) is 0 Å². The molecule has 0 fully saturated rings. The smallest absolute Gasteiger partial charge is 0.339 e. The maximum absolute atomic E-state index is 13.5. The first-order valence-electron chi connectivity index (χ1n) is 9.69. The van der Waals surface area contributed by atoms with E-state index in [4.69, 9.17) is 9.47 Å². The van der Waals surface area contributed by atoms with Crippen molar-refractivity contribution in [3.05, 3.63) is 99.9 Å². The summed E-state index contributed by atoms with van der Waals surface area (Å²) in [5.74, 6) is -1.90. The number of nitro benzene ring substituents is 1. The van der Waals surface area contributed by atoms with E-state index in [2.05, 4.69) is 5.32 Å². The summed E-state index contributed by atoms with van der Waals surface area (Å²) in [6, 6.07) is 18.8. The van der Waals surface area contributed by atoms with Crippen LogP contribution in [0.1, 0.15) is 11.1 Å². The van der Waals surface area contributed by atoms with Crippen LogP contribution in [0.4, 0.5) is 15.8 Å². The lowest BCUT2D eigenvalue weighted by atomic mass is 10.0. The Labute approximate surface area is 188 Å². The molecule has 0 atom stereocenters. The standard InChI is InChI=1S/C24H19FN2O6/c1-32-19-9-5-6-16(12-19)13-20(17-7-3-2-4-8-17)24(29)33-15-23(28)26-18-10-11-21(25)22(14-18)27(30)31/h2-14H,15H2,1H3,(H,26,28)/b20-13+. The Morgan fingerprint density at radius 2 is 1.82 bits per heavy atom. The topological polar surface area (TPSA) is 108 Å². The zero-order valence-corrected chi connectivity index (χ0v) is 17.5. The molecule has 0 saturated carbocycles. The summed E-state index contributed by atoms with van der Waals surface area (Å²) in [7, 11) is 1.53. The lowest BCUT2D eigenvalue weighted by Gasteiger charge is -2.10. The second-order valence-electron chi connectivity index (χ2n) is 6.75. The summed E-state index contributed by atoms with van der Waals surface area (Å²) in [6.07, 6.45) is 1.61. The molecule has 0 radical (unpaired) electrons. The van der Waals surface area contributed by atoms with E-state index >= 15 is 0 Å². The Kier molecular flexibility index (Phi) is 7.48. The molecule has 9 heteroatoms. The molecule has 1 N–H and O–H groups in total. The molecule has 1 amide bonds. The molecule has 0 unspecified atom stereocenters. The second-order valence-corrected chi connectivity index (χ2v) is 6.75. The van der Waals surface area contributed by atoms with E-state index in [9.17, 15) is 24.1 Å². The minimum Gasteiger partial charge on any atom is -0.497 e. The normalized spacial score (nSPS) is 10.9. The Morgan fingerprint density at radius 1 is 1.06 bits per heavy atom. The van der Waals surface area contributed by atoms with Crippen LogP contribution in [0.3, 0.4) is 0 Å². The number of carbonyl (C=O) groups is 2. The zero-order valence-electron chi connectivity index (χ0n) is 17.5. The molecule has 0 spiro atoms. The number of amides is 1. The van der Waals surface area contributed by atoms with Crippen molar-refractivity contribution in [2.45, 2.75) is 0 Å². The van der Waals surface area contributed by atoms with E-state index in [0.29, 0.717) is 16.9 Å². The molecule has 3 aromatic carbocycles. The van der Waals surface area contributed by atoms with Gasteiger partial charge in [0.2, 0.25) is 5.82 Å². The number of nitro groups is 1. The maximum atomic E-state index is 13.5. The SMILES string of the molecule is COc1cccc(/C=C(/C(=O)OCC(=O)Nc2ccc(F)c([N+](=O)[O-])c2)c2ccccc2)c1. The van der Waals surface area contributed by atoms with Gasteiger partial charge in [0.1, 0.15) is 5.75 Å². The third-order valence-electron chi connectivity index (χ3n) is 4.47. The first kappa shape index (κ1) is 23.1. The average Bonchev–Trinajstić information content (AvgIpc) is 2.82. The van der Waals surface area contributed by atoms with Crippen LogP contribution in [-0.2, 0) is 14.3 Å². The van der Waals surface area contributed by atoms with Gasteiger partial charge in [-0.25, -0.2) is 4.79 Å². The number of rotatable bonds is 8. The van der Waals surface area contributed by atoms with Gasteiger partial charge in [0.25, 0.3) is 5.91 Å². The van der Waals surface area contributed by atoms with Gasteiger partial charge in [0, 0.05) is 11.8 Å². The van der Waals surface area contributed by atoms with Gasteiger partial charge in [0.05, 0.1) is 17.6 Å². The molecule has 0 aliphatic carbocycles. The van der Waals surface area contributed by atoms with E-state index in [1.165, 1.54) is 13.2 Å². The average molecular weight is 450 g/mol. The number of methoxy groups -OCH3 is 1. The van der Waals surface area contributed by atoms with Gasteiger partial charge in [-0.05, 0) is 41.5 Å². The maximum Gasteiger partial charge on any atom is 0.339 e. The third kappa shape index (κ3) is 6.23. The van der Waals surface area contributed by atoms with Gasteiger partial charge in [0.15, 0.2) is 6.61 Å². The lowest BCUT2D eigenvalue weighted by Crippen LogP contribution is -2.21. The van der Waals surface area contributed by atoms with Crippen LogP contribution < -0.4 is 10.1 Å². The van der Waals surface area contributed by atoms with Gasteiger partial charge >= 0.3 is 11.7 Å². The Morgan fingerprint density at radius 3 is 2.52 bits per heavy atom. The third-order valence-corrected chi connectivity index (χ3v) is 4.47. The fourth-order valence-corrected chi connectivity index (χ4v) is 2.91. The summed E-state index contributed by atoms with van der Waals surface area (Å²) >= 11 is 0. The minimum atomic E-state index is -1.03. The van der Waals surface area contributed by atoms with Crippen molar-refractivity contribution in [2.75, 3.05) is 19.0 Å². The fourth-order valence-electron chi connectivity index (χ4n) is 2.91. The van der Waals surface area contributed by atoms with Crippen molar-refractivity contribution in [3.8, 4) is 5.75 Å². The number of nitrogens with zero attached hydrogens (tertiary/aromatic N) is 1. The molecule has 33 heavy (non-hydrogen) atoms. The van der Waals surface area contributed by atoms with Crippen LogP contribution in [0, 0.1) is 15.9 Å². The number of anilines is 1. The van der Waals surface area contributed by atoms with Crippen LogP contribution in [0.25, 0.3) is 11.6 Å². The van der Waals surface area contributed by atoms with Crippen molar-refractivity contribution in [2.24, 2.45) is 0 Å². The van der Waals surface area contributed by atoms with Crippen LogP contribution in [-0.4, -0.2) is 30.5 Å². The quantitative estimate of drug-likeness (QED) is 0.178. The number of nitrogens with one attached hydrogen (secondary N) is 1. The number of esters is 1. The second kappa shape index (κ2) is 10.7. The first-order chi connectivity index (χ1) is 15.9. The predicted octanol–water partition coefficient (Wildman–Crippen LogP) is 4.47. The first-order valence-corrected chi connectivity index (χ1v) is 9.69. The molecule has 0 aliphatic rings. The number of hydrogen-bond donors (Lipinski definition) is 1. The highest BCUT2D eigenvalue weighted by atomic mass is 19.1. The molecule has 8 nitrogen and oxygen atoms in total. The number of ether oxygens (including phenoxy) is 2. The molecular formula is C24H19FN2O6.